The number of carbonyl (C=O) groups excluding carboxylic acids is 2. The van der Waals surface area contributed by atoms with E-state index in [2.05, 4.69) is 10.6 Å². The minimum atomic E-state index is -0.872. The predicted molar refractivity (Wildman–Crippen MR) is 104 cm³/mol. The second-order valence-electron chi connectivity index (χ2n) is 7.39. The molecule has 154 valence electrons. The van der Waals surface area contributed by atoms with Crippen LogP contribution in [0.3, 0.4) is 0 Å². The van der Waals surface area contributed by atoms with Crippen molar-refractivity contribution in [3.63, 3.8) is 0 Å². The molecule has 2 aromatic carbocycles. The van der Waals surface area contributed by atoms with Gasteiger partial charge in [-0.15, -0.1) is 0 Å². The summed E-state index contributed by atoms with van der Waals surface area (Å²) in [4.78, 5) is 24.8. The van der Waals surface area contributed by atoms with E-state index < -0.39 is 41.6 Å². The lowest BCUT2D eigenvalue weighted by atomic mass is 9.97. The van der Waals surface area contributed by atoms with Crippen LogP contribution in [0.5, 0.6) is 0 Å². The number of benzene rings is 2. The standard InChI is InChI=1S/C22H24F2N2O3/c1-13(25-20(28)11-14-9-16(23)12-17(24)10-14)22(29)26-21-18-7-3-2-5-15(18)6-4-8-19(21)27/h2-3,5,7,9-10,12-13,19,21,27H,4,6,8,11H2,1H3,(H,25,28)(H,26,29)/t13-,19?,21?/m0/s1. The number of nitrogens with one attached hydrogen (secondary N) is 2. The summed E-state index contributed by atoms with van der Waals surface area (Å²) in [5.74, 6) is -2.50. The Morgan fingerprint density at radius 3 is 2.59 bits per heavy atom. The van der Waals surface area contributed by atoms with E-state index >= 15 is 0 Å². The van der Waals surface area contributed by atoms with Crippen LogP contribution in [0.25, 0.3) is 0 Å². The van der Waals surface area contributed by atoms with Crippen molar-refractivity contribution in [2.75, 3.05) is 0 Å². The summed E-state index contributed by atoms with van der Waals surface area (Å²) >= 11 is 0. The average Bonchev–Trinajstić information content (AvgIpc) is 2.80. The number of hydrogen-bond acceptors (Lipinski definition) is 3. The van der Waals surface area contributed by atoms with Crippen LogP contribution in [0, 0.1) is 11.6 Å². The molecule has 5 nitrogen and oxygen atoms in total. The topological polar surface area (TPSA) is 78.4 Å². The molecule has 29 heavy (non-hydrogen) atoms. The number of aliphatic hydroxyl groups excluding tert-OH is 1. The highest BCUT2D eigenvalue weighted by Crippen LogP contribution is 2.29. The molecule has 2 amide bonds. The molecule has 3 atom stereocenters. The SMILES string of the molecule is C[C@H](NC(=O)Cc1cc(F)cc(F)c1)C(=O)NC1c2ccccc2CCCC1O. The van der Waals surface area contributed by atoms with Gasteiger partial charge in [0.05, 0.1) is 18.6 Å². The molecule has 0 saturated heterocycles. The Bertz CT molecular complexity index is 883. The molecule has 2 aromatic rings. The molecule has 0 spiro atoms. The molecular weight excluding hydrogens is 378 g/mol. The van der Waals surface area contributed by atoms with Crippen molar-refractivity contribution in [2.24, 2.45) is 0 Å². The van der Waals surface area contributed by atoms with Gasteiger partial charge in [-0.25, -0.2) is 8.78 Å². The monoisotopic (exact) mass is 402 g/mol. The Kier molecular flexibility index (Phi) is 6.59. The molecule has 7 heteroatoms. The van der Waals surface area contributed by atoms with Crippen LogP contribution in [0.4, 0.5) is 8.78 Å². The summed E-state index contributed by atoms with van der Waals surface area (Å²) in [7, 11) is 0. The molecule has 0 saturated carbocycles. The summed E-state index contributed by atoms with van der Waals surface area (Å²) in [6.45, 7) is 1.52. The van der Waals surface area contributed by atoms with Gasteiger partial charge >= 0.3 is 0 Å². The van der Waals surface area contributed by atoms with Gasteiger partial charge in [0.15, 0.2) is 0 Å². The lowest BCUT2D eigenvalue weighted by molar-refractivity contribution is -0.129. The van der Waals surface area contributed by atoms with E-state index in [4.69, 9.17) is 0 Å². The van der Waals surface area contributed by atoms with E-state index in [1.54, 1.807) is 0 Å². The minimum Gasteiger partial charge on any atom is -0.391 e. The van der Waals surface area contributed by atoms with Gasteiger partial charge in [0.25, 0.3) is 0 Å². The molecule has 1 aliphatic rings. The lowest BCUT2D eigenvalue weighted by Crippen LogP contribution is -2.48. The van der Waals surface area contributed by atoms with Gasteiger partial charge < -0.3 is 15.7 Å². The highest BCUT2D eigenvalue weighted by atomic mass is 19.1. The second kappa shape index (κ2) is 9.13. The van der Waals surface area contributed by atoms with E-state index in [-0.39, 0.29) is 12.0 Å². The number of fused-ring (bicyclic) bond motifs is 1. The average molecular weight is 402 g/mol. The largest absolute Gasteiger partial charge is 0.391 e. The zero-order valence-corrected chi connectivity index (χ0v) is 16.1. The fourth-order valence-electron chi connectivity index (χ4n) is 3.65. The highest BCUT2D eigenvalue weighted by Gasteiger charge is 2.29. The predicted octanol–water partition coefficient (Wildman–Crippen LogP) is 2.57. The normalized spacial score (nSPS) is 19.6. The third kappa shape index (κ3) is 5.38. The van der Waals surface area contributed by atoms with Crippen molar-refractivity contribution in [1.82, 2.24) is 10.6 Å². The van der Waals surface area contributed by atoms with Gasteiger partial charge in [0.2, 0.25) is 11.8 Å². The number of hydrogen-bond donors (Lipinski definition) is 3. The maximum Gasteiger partial charge on any atom is 0.242 e. The number of halogens is 2. The summed E-state index contributed by atoms with van der Waals surface area (Å²) in [5.41, 5.74) is 2.14. The Hall–Kier alpha value is -2.80. The van der Waals surface area contributed by atoms with Crippen LogP contribution < -0.4 is 10.6 Å². The maximum atomic E-state index is 13.3. The number of carbonyl (C=O) groups is 2. The van der Waals surface area contributed by atoms with Crippen molar-refractivity contribution in [1.29, 1.82) is 0 Å². The fraction of sp³-hybridized carbons (Fsp3) is 0.364. The molecule has 0 aromatic heterocycles. The molecule has 0 aliphatic heterocycles. The van der Waals surface area contributed by atoms with Gasteiger partial charge in [-0.1, -0.05) is 24.3 Å². The first-order valence-electron chi connectivity index (χ1n) is 9.64. The van der Waals surface area contributed by atoms with Crippen molar-refractivity contribution in [2.45, 2.75) is 50.8 Å². The first-order chi connectivity index (χ1) is 13.8. The molecule has 3 rings (SSSR count). The Balaban J connectivity index is 1.63. The lowest BCUT2D eigenvalue weighted by Gasteiger charge is -2.26. The van der Waals surface area contributed by atoms with Crippen molar-refractivity contribution in [3.05, 3.63) is 70.8 Å². The Morgan fingerprint density at radius 2 is 1.86 bits per heavy atom. The maximum absolute atomic E-state index is 13.3. The Labute approximate surface area is 168 Å². The Morgan fingerprint density at radius 1 is 1.17 bits per heavy atom. The smallest absolute Gasteiger partial charge is 0.242 e. The quantitative estimate of drug-likeness (QED) is 0.673. The van der Waals surface area contributed by atoms with Gasteiger partial charge in [-0.05, 0) is 55.0 Å². The summed E-state index contributed by atoms with van der Waals surface area (Å²) < 4.78 is 26.5. The zero-order valence-electron chi connectivity index (χ0n) is 16.1. The molecule has 0 bridgehead atoms. The van der Waals surface area contributed by atoms with E-state index in [1.807, 2.05) is 24.3 Å². The van der Waals surface area contributed by atoms with Crippen LogP contribution in [-0.2, 0) is 22.4 Å². The summed E-state index contributed by atoms with van der Waals surface area (Å²) in [6, 6.07) is 9.10. The molecule has 0 fully saturated rings. The van der Waals surface area contributed by atoms with Crippen LogP contribution in [0.15, 0.2) is 42.5 Å². The second-order valence-corrected chi connectivity index (χ2v) is 7.39. The minimum absolute atomic E-state index is 0.181. The van der Waals surface area contributed by atoms with Gasteiger partial charge in [-0.3, -0.25) is 9.59 Å². The molecule has 0 radical (unpaired) electrons. The molecule has 0 heterocycles. The zero-order chi connectivity index (χ0) is 21.0. The number of aliphatic hydroxyl groups is 1. The highest BCUT2D eigenvalue weighted by molar-refractivity contribution is 5.88. The number of aryl methyl sites for hydroxylation is 1. The first-order valence-corrected chi connectivity index (χ1v) is 9.64. The van der Waals surface area contributed by atoms with Gasteiger partial charge in [0.1, 0.15) is 17.7 Å². The molecule has 2 unspecified atom stereocenters. The summed E-state index contributed by atoms with van der Waals surface area (Å²) in [6.07, 6.45) is 1.24. The van der Waals surface area contributed by atoms with E-state index in [0.717, 1.165) is 42.2 Å². The molecule has 1 aliphatic carbocycles. The molecule has 3 N–H and O–H groups in total. The number of amides is 2. The van der Waals surface area contributed by atoms with Crippen molar-refractivity contribution < 1.29 is 23.5 Å². The van der Waals surface area contributed by atoms with Gasteiger partial charge in [-0.2, -0.15) is 0 Å². The van der Waals surface area contributed by atoms with E-state index in [0.29, 0.717) is 6.42 Å². The number of rotatable bonds is 5. The van der Waals surface area contributed by atoms with E-state index in [1.165, 1.54) is 6.92 Å². The third-order valence-electron chi connectivity index (χ3n) is 5.08. The van der Waals surface area contributed by atoms with Gasteiger partial charge in [0, 0.05) is 6.07 Å². The van der Waals surface area contributed by atoms with E-state index in [9.17, 15) is 23.5 Å². The molecular formula is C22H24F2N2O3. The van der Waals surface area contributed by atoms with Crippen LogP contribution in [0.2, 0.25) is 0 Å². The van der Waals surface area contributed by atoms with Crippen LogP contribution >= 0.6 is 0 Å². The van der Waals surface area contributed by atoms with Crippen LogP contribution in [0.1, 0.15) is 42.5 Å². The third-order valence-corrected chi connectivity index (χ3v) is 5.08. The van der Waals surface area contributed by atoms with Crippen molar-refractivity contribution in [3.8, 4) is 0 Å². The summed E-state index contributed by atoms with van der Waals surface area (Å²) in [5, 5.41) is 15.8. The first kappa shape index (κ1) is 20.9. The van der Waals surface area contributed by atoms with Crippen molar-refractivity contribution >= 4 is 11.8 Å². The van der Waals surface area contributed by atoms with Crippen LogP contribution in [-0.4, -0.2) is 29.1 Å². The fourth-order valence-corrected chi connectivity index (χ4v) is 3.65.